The Hall–Kier alpha value is -2.68. The third-order valence-corrected chi connectivity index (χ3v) is 4.55. The molecule has 1 amide bonds. The van der Waals surface area contributed by atoms with Crippen LogP contribution in [0.4, 0.5) is 4.79 Å². The molecule has 0 saturated carbocycles. The molecule has 0 spiro atoms. The average Bonchev–Trinajstić information content (AvgIpc) is 2.79. The Kier molecular flexibility index (Phi) is 10.4. The van der Waals surface area contributed by atoms with Crippen LogP contribution < -0.4 is 5.32 Å². The number of rotatable bonds is 9. The third kappa shape index (κ3) is 8.82. The number of esters is 1. The Morgan fingerprint density at radius 1 is 1.09 bits per heavy atom. The Morgan fingerprint density at radius 2 is 1.75 bits per heavy atom. The molecule has 176 valence electrons. The van der Waals surface area contributed by atoms with Crippen LogP contribution in [0.1, 0.15) is 26.3 Å². The predicted molar refractivity (Wildman–Crippen MR) is 119 cm³/mol. The highest BCUT2D eigenvalue weighted by Crippen LogP contribution is 2.18. The Balaban J connectivity index is 2.02. The first-order valence-electron chi connectivity index (χ1n) is 10.5. The summed E-state index contributed by atoms with van der Waals surface area (Å²) in [5.74, 6) is -0.640. The summed E-state index contributed by atoms with van der Waals surface area (Å²) in [4.78, 5) is 24.9. The molecular formula is C24H33NO7. The summed E-state index contributed by atoms with van der Waals surface area (Å²) in [6.07, 6.45) is -2.48. The van der Waals surface area contributed by atoms with Gasteiger partial charge in [-0.1, -0.05) is 54.6 Å². The minimum atomic E-state index is -1.03. The normalized spacial score (nSPS) is 23.8. The van der Waals surface area contributed by atoms with E-state index in [1.165, 1.54) is 0 Å². The fourth-order valence-electron chi connectivity index (χ4n) is 2.98. The van der Waals surface area contributed by atoms with Crippen LogP contribution in [0.3, 0.4) is 0 Å². The SMILES string of the molecule is C=C(C)CO[C@H]1[C@H](C)OC(=O)[C@@H](NC(=O)OCc2ccccc2)COC[C@@H]1OCC(=C)C. The lowest BCUT2D eigenvalue weighted by atomic mass is 10.1. The van der Waals surface area contributed by atoms with Crippen LogP contribution >= 0.6 is 0 Å². The van der Waals surface area contributed by atoms with Crippen molar-refractivity contribution in [2.45, 2.75) is 51.7 Å². The van der Waals surface area contributed by atoms with Crippen LogP contribution in [0.25, 0.3) is 0 Å². The number of cyclic esters (lactones) is 1. The first-order chi connectivity index (χ1) is 15.3. The number of hydrogen-bond acceptors (Lipinski definition) is 7. The van der Waals surface area contributed by atoms with Crippen LogP contribution in [-0.2, 0) is 35.1 Å². The Labute approximate surface area is 189 Å². The maximum Gasteiger partial charge on any atom is 0.408 e. The highest BCUT2D eigenvalue weighted by Gasteiger charge is 2.36. The standard InChI is InChI=1S/C24H33NO7/c1-16(2)11-29-21-15-28-14-20(23(26)32-18(5)22(21)30-12-17(3)4)25-24(27)31-13-19-9-7-6-8-10-19/h6-10,18,20-22H,1,3,11-15H2,2,4-5H3,(H,25,27)/t18-,20-,21-,22-/m0/s1. The fraction of sp³-hybridized carbons (Fsp3) is 0.500. The summed E-state index contributed by atoms with van der Waals surface area (Å²) in [5, 5.41) is 2.51. The number of ether oxygens (including phenoxy) is 5. The van der Waals surface area contributed by atoms with Crippen molar-refractivity contribution in [3.63, 3.8) is 0 Å². The van der Waals surface area contributed by atoms with Crippen molar-refractivity contribution in [2.75, 3.05) is 26.4 Å². The van der Waals surface area contributed by atoms with Crippen molar-refractivity contribution >= 4 is 12.1 Å². The monoisotopic (exact) mass is 447 g/mol. The van der Waals surface area contributed by atoms with E-state index < -0.39 is 36.4 Å². The number of alkyl carbamates (subject to hydrolysis) is 1. The maximum absolute atomic E-state index is 12.7. The number of carbonyl (C=O) groups is 2. The highest BCUT2D eigenvalue weighted by molar-refractivity contribution is 5.81. The second-order valence-electron chi connectivity index (χ2n) is 7.98. The molecule has 0 aliphatic carbocycles. The summed E-state index contributed by atoms with van der Waals surface area (Å²) < 4.78 is 28.3. The average molecular weight is 448 g/mol. The molecule has 0 unspecified atom stereocenters. The van der Waals surface area contributed by atoms with Crippen molar-refractivity contribution in [1.82, 2.24) is 5.32 Å². The lowest BCUT2D eigenvalue weighted by Gasteiger charge is -2.30. The van der Waals surface area contributed by atoms with Gasteiger partial charge >= 0.3 is 12.1 Å². The summed E-state index contributed by atoms with van der Waals surface area (Å²) in [5.41, 5.74) is 2.50. The molecular weight excluding hydrogens is 414 g/mol. The van der Waals surface area contributed by atoms with E-state index in [9.17, 15) is 9.59 Å². The molecule has 8 nitrogen and oxygen atoms in total. The van der Waals surface area contributed by atoms with E-state index in [1.807, 2.05) is 44.2 Å². The molecule has 0 aromatic heterocycles. The molecule has 0 bridgehead atoms. The van der Waals surface area contributed by atoms with E-state index >= 15 is 0 Å². The number of hydrogen-bond donors (Lipinski definition) is 1. The topological polar surface area (TPSA) is 92.3 Å². The van der Waals surface area contributed by atoms with Crippen LogP contribution in [0.15, 0.2) is 54.6 Å². The summed E-state index contributed by atoms with van der Waals surface area (Å²) in [7, 11) is 0. The predicted octanol–water partition coefficient (Wildman–Crippen LogP) is 3.17. The van der Waals surface area contributed by atoms with Gasteiger partial charge in [0.1, 0.15) is 24.9 Å². The van der Waals surface area contributed by atoms with Crippen LogP contribution in [0, 0.1) is 0 Å². The van der Waals surface area contributed by atoms with Crippen LogP contribution in [-0.4, -0.2) is 62.8 Å². The third-order valence-electron chi connectivity index (χ3n) is 4.55. The van der Waals surface area contributed by atoms with Gasteiger partial charge in [-0.2, -0.15) is 0 Å². The van der Waals surface area contributed by atoms with Gasteiger partial charge in [-0.05, 0) is 26.3 Å². The van der Waals surface area contributed by atoms with Crippen molar-refractivity contribution in [3.8, 4) is 0 Å². The van der Waals surface area contributed by atoms with Crippen molar-refractivity contribution in [3.05, 3.63) is 60.2 Å². The van der Waals surface area contributed by atoms with Gasteiger partial charge in [0.05, 0.1) is 26.4 Å². The molecule has 1 saturated heterocycles. The molecule has 4 atom stereocenters. The fourth-order valence-corrected chi connectivity index (χ4v) is 2.98. The summed E-state index contributed by atoms with van der Waals surface area (Å²) in [6, 6.07) is 8.21. The molecule has 8 heteroatoms. The van der Waals surface area contributed by atoms with Gasteiger partial charge in [0.15, 0.2) is 6.04 Å². The van der Waals surface area contributed by atoms with Crippen molar-refractivity contribution < 1.29 is 33.3 Å². The molecule has 1 heterocycles. The Morgan fingerprint density at radius 3 is 2.41 bits per heavy atom. The molecule has 1 aromatic carbocycles. The van der Waals surface area contributed by atoms with Crippen molar-refractivity contribution in [1.29, 1.82) is 0 Å². The first kappa shape index (κ1) is 25.6. The lowest BCUT2D eigenvalue weighted by Crippen LogP contribution is -2.47. The number of carbonyl (C=O) groups excluding carboxylic acids is 2. The molecule has 32 heavy (non-hydrogen) atoms. The van der Waals surface area contributed by atoms with Crippen LogP contribution in [0.2, 0.25) is 0 Å². The number of nitrogens with one attached hydrogen (secondary N) is 1. The van der Waals surface area contributed by atoms with Gasteiger partial charge in [0, 0.05) is 0 Å². The molecule has 1 N–H and O–H groups in total. The zero-order valence-corrected chi connectivity index (χ0v) is 19.0. The van der Waals surface area contributed by atoms with E-state index in [0.717, 1.165) is 16.7 Å². The quantitative estimate of drug-likeness (QED) is 0.459. The van der Waals surface area contributed by atoms with Crippen LogP contribution in [0.5, 0.6) is 0 Å². The molecule has 1 aromatic rings. The maximum atomic E-state index is 12.7. The van der Waals surface area contributed by atoms with E-state index in [4.69, 9.17) is 23.7 Å². The molecule has 0 radical (unpaired) electrons. The van der Waals surface area contributed by atoms with Gasteiger partial charge < -0.3 is 29.0 Å². The molecule has 1 aliphatic rings. The van der Waals surface area contributed by atoms with E-state index in [-0.39, 0.29) is 26.4 Å². The highest BCUT2D eigenvalue weighted by atomic mass is 16.6. The Bertz CT molecular complexity index is 780. The smallest absolute Gasteiger partial charge is 0.408 e. The molecule has 1 aliphatic heterocycles. The van der Waals surface area contributed by atoms with Gasteiger partial charge in [-0.15, -0.1) is 0 Å². The summed E-state index contributed by atoms with van der Waals surface area (Å²) >= 11 is 0. The minimum absolute atomic E-state index is 0.0827. The van der Waals surface area contributed by atoms with Gasteiger partial charge in [-0.3, -0.25) is 0 Å². The largest absolute Gasteiger partial charge is 0.458 e. The van der Waals surface area contributed by atoms with Crippen molar-refractivity contribution in [2.24, 2.45) is 0 Å². The van der Waals surface area contributed by atoms with E-state index in [2.05, 4.69) is 18.5 Å². The minimum Gasteiger partial charge on any atom is -0.458 e. The number of amides is 1. The molecule has 1 fully saturated rings. The lowest BCUT2D eigenvalue weighted by molar-refractivity contribution is -0.165. The first-order valence-corrected chi connectivity index (χ1v) is 10.5. The summed E-state index contributed by atoms with van der Waals surface area (Å²) in [6.45, 7) is 13.8. The zero-order chi connectivity index (χ0) is 23.5. The van der Waals surface area contributed by atoms with Gasteiger partial charge in [-0.25, -0.2) is 9.59 Å². The van der Waals surface area contributed by atoms with Gasteiger partial charge in [0.2, 0.25) is 0 Å². The zero-order valence-electron chi connectivity index (χ0n) is 19.0. The second kappa shape index (κ2) is 13.0. The number of benzene rings is 1. The molecule has 2 rings (SSSR count). The van der Waals surface area contributed by atoms with E-state index in [1.54, 1.807) is 6.92 Å². The van der Waals surface area contributed by atoms with Gasteiger partial charge in [0.25, 0.3) is 0 Å². The second-order valence-corrected chi connectivity index (χ2v) is 7.98. The van der Waals surface area contributed by atoms with E-state index in [0.29, 0.717) is 6.61 Å².